The van der Waals surface area contributed by atoms with Crippen LogP contribution in [0.25, 0.3) is 5.52 Å². The van der Waals surface area contributed by atoms with E-state index in [1.807, 2.05) is 17.5 Å². The summed E-state index contributed by atoms with van der Waals surface area (Å²) in [5.74, 6) is 1.25. The number of alkyl halides is 1. The van der Waals surface area contributed by atoms with Crippen LogP contribution >= 0.6 is 0 Å². The van der Waals surface area contributed by atoms with Crippen molar-refractivity contribution in [3.05, 3.63) is 23.9 Å². The van der Waals surface area contributed by atoms with Gasteiger partial charge in [-0.05, 0) is 13.3 Å². The zero-order chi connectivity index (χ0) is 11.3. The monoisotopic (exact) mass is 221 g/mol. The van der Waals surface area contributed by atoms with E-state index in [1.54, 1.807) is 13.3 Å². The Labute approximate surface area is 92.1 Å². The van der Waals surface area contributed by atoms with Gasteiger partial charge in [-0.25, -0.2) is 14.4 Å². The Morgan fingerprint density at radius 2 is 2.31 bits per heavy atom. The summed E-state index contributed by atoms with van der Waals surface area (Å²) >= 11 is 0. The molecule has 0 radical (unpaired) electrons. The van der Waals surface area contributed by atoms with Crippen LogP contribution in [0.2, 0.25) is 0 Å². The summed E-state index contributed by atoms with van der Waals surface area (Å²) in [6, 6.07) is 0. The average Bonchev–Trinajstić information content (AvgIpc) is 2.84. The molecule has 0 aromatic carbocycles. The molecule has 5 heteroatoms. The number of rotatable bonds is 2. The Morgan fingerprint density at radius 3 is 2.94 bits per heavy atom. The predicted octanol–water partition coefficient (Wildman–Crippen LogP) is 1.87. The smallest absolute Gasteiger partial charge is 0.239 e. The molecule has 1 fully saturated rings. The highest BCUT2D eigenvalue weighted by Crippen LogP contribution is 2.43. The summed E-state index contributed by atoms with van der Waals surface area (Å²) in [4.78, 5) is 8.52. The molecule has 2 aromatic heterocycles. The molecule has 0 aliphatic heterocycles. The molecular formula is C11H12FN3O. The summed E-state index contributed by atoms with van der Waals surface area (Å²) in [6.07, 6.45) is 3.38. The number of methoxy groups -OCH3 is 1. The van der Waals surface area contributed by atoms with Crippen LogP contribution in [-0.4, -0.2) is 27.7 Å². The van der Waals surface area contributed by atoms with Crippen LogP contribution in [0.3, 0.4) is 0 Å². The number of nitrogens with zero attached hydrogens (tertiary/aromatic N) is 3. The molecule has 84 valence electrons. The van der Waals surface area contributed by atoms with Gasteiger partial charge in [-0.15, -0.1) is 0 Å². The van der Waals surface area contributed by atoms with E-state index >= 15 is 0 Å². The standard InChI is InChI=1S/C11H12FN3O/c1-6-5-15-9(11(14-6)16-2)4-13-10(15)7-3-8(7)12/h4-5,7-8H,3H2,1-2H3/t7-,8-/m1/s1. The van der Waals surface area contributed by atoms with Gasteiger partial charge in [-0.3, -0.25) is 4.40 Å². The van der Waals surface area contributed by atoms with Gasteiger partial charge in [0.25, 0.3) is 0 Å². The second kappa shape index (κ2) is 3.17. The zero-order valence-corrected chi connectivity index (χ0v) is 9.14. The average molecular weight is 221 g/mol. The Kier molecular flexibility index (Phi) is 1.89. The molecule has 2 atom stereocenters. The predicted molar refractivity (Wildman–Crippen MR) is 56.5 cm³/mol. The number of aryl methyl sites for hydroxylation is 1. The van der Waals surface area contributed by atoms with Crippen molar-refractivity contribution >= 4 is 5.52 Å². The molecular weight excluding hydrogens is 209 g/mol. The lowest BCUT2D eigenvalue weighted by Gasteiger charge is -2.05. The van der Waals surface area contributed by atoms with E-state index in [1.165, 1.54) is 0 Å². The van der Waals surface area contributed by atoms with Crippen molar-refractivity contribution in [1.82, 2.24) is 14.4 Å². The lowest BCUT2D eigenvalue weighted by Crippen LogP contribution is -1.99. The molecule has 4 nitrogen and oxygen atoms in total. The molecule has 1 aliphatic rings. The minimum atomic E-state index is -0.745. The van der Waals surface area contributed by atoms with Gasteiger partial charge in [0.15, 0.2) is 0 Å². The van der Waals surface area contributed by atoms with Crippen molar-refractivity contribution in [2.75, 3.05) is 7.11 Å². The largest absolute Gasteiger partial charge is 0.479 e. The van der Waals surface area contributed by atoms with Gasteiger partial charge in [0, 0.05) is 6.20 Å². The Bertz CT molecular complexity index is 551. The summed E-state index contributed by atoms with van der Waals surface area (Å²) in [5, 5.41) is 0. The maximum absolute atomic E-state index is 13.0. The zero-order valence-electron chi connectivity index (χ0n) is 9.14. The third-order valence-corrected chi connectivity index (χ3v) is 2.88. The van der Waals surface area contributed by atoms with Crippen LogP contribution in [0, 0.1) is 6.92 Å². The van der Waals surface area contributed by atoms with Gasteiger partial charge < -0.3 is 4.74 Å². The molecule has 0 amide bonds. The van der Waals surface area contributed by atoms with Crippen LogP contribution in [-0.2, 0) is 0 Å². The maximum Gasteiger partial charge on any atom is 0.239 e. The van der Waals surface area contributed by atoms with Crippen molar-refractivity contribution in [2.24, 2.45) is 0 Å². The van der Waals surface area contributed by atoms with E-state index in [0.29, 0.717) is 12.3 Å². The van der Waals surface area contributed by atoms with Crippen molar-refractivity contribution < 1.29 is 9.13 Å². The Morgan fingerprint density at radius 1 is 1.56 bits per heavy atom. The number of hydrogen-bond acceptors (Lipinski definition) is 3. The van der Waals surface area contributed by atoms with Crippen LogP contribution in [0.15, 0.2) is 12.4 Å². The summed E-state index contributed by atoms with van der Waals surface area (Å²) in [5.41, 5.74) is 1.63. The SMILES string of the molecule is COc1nc(C)cn2c([C@@H]3C[C@H]3F)ncc12. The highest BCUT2D eigenvalue weighted by Gasteiger charge is 2.42. The molecule has 0 spiro atoms. The first-order valence-electron chi connectivity index (χ1n) is 5.23. The highest BCUT2D eigenvalue weighted by molar-refractivity contribution is 5.56. The summed E-state index contributed by atoms with van der Waals surface area (Å²) in [7, 11) is 1.57. The van der Waals surface area contributed by atoms with Crippen molar-refractivity contribution in [2.45, 2.75) is 25.4 Å². The van der Waals surface area contributed by atoms with Gasteiger partial charge in [0.05, 0.1) is 24.9 Å². The number of fused-ring (bicyclic) bond motifs is 1. The summed E-state index contributed by atoms with van der Waals surface area (Å²) in [6.45, 7) is 1.88. The lowest BCUT2D eigenvalue weighted by atomic mass is 10.4. The molecule has 0 N–H and O–H groups in total. The number of aromatic nitrogens is 3. The van der Waals surface area contributed by atoms with E-state index in [-0.39, 0.29) is 5.92 Å². The summed E-state index contributed by atoms with van der Waals surface area (Å²) < 4.78 is 20.1. The van der Waals surface area contributed by atoms with E-state index in [4.69, 9.17) is 4.74 Å². The van der Waals surface area contributed by atoms with Gasteiger partial charge in [0.2, 0.25) is 5.88 Å². The molecule has 2 heterocycles. The topological polar surface area (TPSA) is 39.4 Å². The third-order valence-electron chi connectivity index (χ3n) is 2.88. The fourth-order valence-electron chi connectivity index (χ4n) is 1.96. The molecule has 2 aromatic rings. The fraction of sp³-hybridized carbons (Fsp3) is 0.455. The minimum absolute atomic E-state index is 0.0611. The highest BCUT2D eigenvalue weighted by atomic mass is 19.1. The van der Waals surface area contributed by atoms with Gasteiger partial charge in [-0.2, -0.15) is 0 Å². The van der Waals surface area contributed by atoms with Crippen LogP contribution in [0.4, 0.5) is 4.39 Å². The fourth-order valence-corrected chi connectivity index (χ4v) is 1.96. The van der Waals surface area contributed by atoms with Gasteiger partial charge in [0.1, 0.15) is 17.5 Å². The van der Waals surface area contributed by atoms with Gasteiger partial charge in [-0.1, -0.05) is 0 Å². The Balaban J connectivity index is 2.21. The second-order valence-corrected chi connectivity index (χ2v) is 4.12. The Hall–Kier alpha value is -1.65. The van der Waals surface area contributed by atoms with Crippen LogP contribution < -0.4 is 4.74 Å². The molecule has 16 heavy (non-hydrogen) atoms. The third kappa shape index (κ3) is 1.27. The molecule has 3 rings (SSSR count). The number of hydrogen-bond donors (Lipinski definition) is 0. The number of halogens is 1. The van der Waals surface area contributed by atoms with E-state index in [9.17, 15) is 4.39 Å². The molecule has 1 saturated carbocycles. The van der Waals surface area contributed by atoms with Crippen molar-refractivity contribution in [1.29, 1.82) is 0 Å². The van der Waals surface area contributed by atoms with Crippen molar-refractivity contribution in [3.8, 4) is 5.88 Å². The molecule has 0 bridgehead atoms. The van der Waals surface area contributed by atoms with E-state index in [2.05, 4.69) is 9.97 Å². The second-order valence-electron chi connectivity index (χ2n) is 4.12. The molecule has 0 saturated heterocycles. The van der Waals surface area contributed by atoms with E-state index in [0.717, 1.165) is 17.0 Å². The molecule has 0 unspecified atom stereocenters. The minimum Gasteiger partial charge on any atom is -0.479 e. The first-order chi connectivity index (χ1) is 7.70. The maximum atomic E-state index is 13.0. The van der Waals surface area contributed by atoms with E-state index < -0.39 is 6.17 Å². The first-order valence-corrected chi connectivity index (χ1v) is 5.23. The first kappa shape index (κ1) is 9.57. The van der Waals surface area contributed by atoms with Gasteiger partial charge >= 0.3 is 0 Å². The molecule has 1 aliphatic carbocycles. The number of imidazole rings is 1. The lowest BCUT2D eigenvalue weighted by molar-refractivity contribution is 0.400. The quantitative estimate of drug-likeness (QED) is 0.777. The van der Waals surface area contributed by atoms with Crippen LogP contribution in [0.5, 0.6) is 5.88 Å². The number of ether oxygens (including phenoxy) is 1. The van der Waals surface area contributed by atoms with Crippen LogP contribution in [0.1, 0.15) is 23.9 Å². The van der Waals surface area contributed by atoms with Crippen molar-refractivity contribution in [3.63, 3.8) is 0 Å². The normalized spacial score (nSPS) is 23.7.